The van der Waals surface area contributed by atoms with Gasteiger partial charge in [0.2, 0.25) is 0 Å². The summed E-state index contributed by atoms with van der Waals surface area (Å²) in [6, 6.07) is 1.78. The molecule has 1 fully saturated rings. The standard InChI is InChI=1S/C13H19NO2/c1-9-8-12(13(15)16)10(2)14(9)7-6-11-4-3-5-11/h8,11H,3-7H2,1-2H3,(H,15,16). The lowest BCUT2D eigenvalue weighted by molar-refractivity contribution is 0.0696. The highest BCUT2D eigenvalue weighted by molar-refractivity contribution is 5.89. The van der Waals surface area contributed by atoms with Crippen molar-refractivity contribution in [3.63, 3.8) is 0 Å². The number of aromatic nitrogens is 1. The van der Waals surface area contributed by atoms with Gasteiger partial charge in [0, 0.05) is 17.9 Å². The molecule has 0 amide bonds. The molecule has 1 aromatic rings. The number of carbonyl (C=O) groups is 1. The van der Waals surface area contributed by atoms with Crippen LogP contribution in [-0.4, -0.2) is 15.6 Å². The third kappa shape index (κ3) is 1.99. The number of carboxylic acid groups (broad SMARTS) is 1. The Hall–Kier alpha value is -1.25. The molecule has 0 atom stereocenters. The first kappa shape index (κ1) is 11.2. The Kier molecular flexibility index (Phi) is 3.03. The summed E-state index contributed by atoms with van der Waals surface area (Å²) in [6.07, 6.45) is 5.26. The molecule has 1 aliphatic rings. The van der Waals surface area contributed by atoms with Gasteiger partial charge in [0.15, 0.2) is 0 Å². The van der Waals surface area contributed by atoms with Crippen LogP contribution >= 0.6 is 0 Å². The second kappa shape index (κ2) is 4.32. The molecule has 3 nitrogen and oxygen atoms in total. The molecule has 1 aliphatic carbocycles. The van der Waals surface area contributed by atoms with Crippen molar-refractivity contribution in [2.75, 3.05) is 0 Å². The summed E-state index contributed by atoms with van der Waals surface area (Å²) in [5, 5.41) is 9.02. The smallest absolute Gasteiger partial charge is 0.337 e. The maximum Gasteiger partial charge on any atom is 0.337 e. The highest BCUT2D eigenvalue weighted by Gasteiger charge is 2.19. The molecule has 88 valence electrons. The van der Waals surface area contributed by atoms with Crippen molar-refractivity contribution in [3.05, 3.63) is 23.0 Å². The summed E-state index contributed by atoms with van der Waals surface area (Å²) < 4.78 is 2.14. The Morgan fingerprint density at radius 2 is 2.19 bits per heavy atom. The van der Waals surface area contributed by atoms with Crippen LogP contribution in [0, 0.1) is 19.8 Å². The van der Waals surface area contributed by atoms with E-state index in [4.69, 9.17) is 5.11 Å². The van der Waals surface area contributed by atoms with Gasteiger partial charge in [-0.1, -0.05) is 19.3 Å². The predicted molar refractivity (Wildman–Crippen MR) is 62.8 cm³/mol. The van der Waals surface area contributed by atoms with Crippen molar-refractivity contribution in [2.45, 2.75) is 46.1 Å². The van der Waals surface area contributed by atoms with Crippen LogP contribution in [0.2, 0.25) is 0 Å². The third-order valence-electron chi connectivity index (χ3n) is 3.79. The largest absolute Gasteiger partial charge is 0.478 e. The molecule has 3 heteroatoms. The Bertz CT molecular complexity index is 402. The van der Waals surface area contributed by atoms with Crippen LogP contribution in [0.15, 0.2) is 6.07 Å². The molecule has 0 unspecified atom stereocenters. The van der Waals surface area contributed by atoms with Crippen molar-refractivity contribution < 1.29 is 9.90 Å². The predicted octanol–water partition coefficient (Wildman–Crippen LogP) is 2.99. The van der Waals surface area contributed by atoms with Crippen LogP contribution in [-0.2, 0) is 6.54 Å². The normalized spacial score (nSPS) is 16.1. The van der Waals surface area contributed by atoms with Gasteiger partial charge in [-0.15, -0.1) is 0 Å². The number of hydrogen-bond acceptors (Lipinski definition) is 1. The molecular weight excluding hydrogens is 202 g/mol. The lowest BCUT2D eigenvalue weighted by Crippen LogP contribution is -2.15. The van der Waals surface area contributed by atoms with Gasteiger partial charge in [0.25, 0.3) is 0 Å². The van der Waals surface area contributed by atoms with E-state index in [1.807, 2.05) is 13.8 Å². The maximum absolute atomic E-state index is 11.0. The van der Waals surface area contributed by atoms with E-state index in [0.29, 0.717) is 5.56 Å². The second-order valence-corrected chi connectivity index (χ2v) is 4.83. The summed E-state index contributed by atoms with van der Waals surface area (Å²) in [7, 11) is 0. The Morgan fingerprint density at radius 1 is 1.50 bits per heavy atom. The first-order valence-corrected chi connectivity index (χ1v) is 5.99. The zero-order chi connectivity index (χ0) is 11.7. The van der Waals surface area contributed by atoms with Gasteiger partial charge in [-0.05, 0) is 32.3 Å². The van der Waals surface area contributed by atoms with Crippen LogP contribution in [0.4, 0.5) is 0 Å². The van der Waals surface area contributed by atoms with Crippen LogP contribution < -0.4 is 0 Å². The quantitative estimate of drug-likeness (QED) is 0.849. The van der Waals surface area contributed by atoms with Crippen molar-refractivity contribution in [1.29, 1.82) is 0 Å². The zero-order valence-electron chi connectivity index (χ0n) is 9.99. The van der Waals surface area contributed by atoms with Crippen LogP contribution in [0.3, 0.4) is 0 Å². The highest BCUT2D eigenvalue weighted by Crippen LogP contribution is 2.30. The summed E-state index contributed by atoms with van der Waals surface area (Å²) in [6.45, 7) is 4.85. The van der Waals surface area contributed by atoms with Gasteiger partial charge >= 0.3 is 5.97 Å². The highest BCUT2D eigenvalue weighted by atomic mass is 16.4. The minimum atomic E-state index is -0.817. The van der Waals surface area contributed by atoms with Gasteiger partial charge in [-0.2, -0.15) is 0 Å². The number of hydrogen-bond donors (Lipinski definition) is 1. The second-order valence-electron chi connectivity index (χ2n) is 4.83. The molecule has 0 aliphatic heterocycles. The summed E-state index contributed by atoms with van der Waals surface area (Å²) >= 11 is 0. The number of aromatic carboxylic acids is 1. The lowest BCUT2D eigenvalue weighted by atomic mass is 9.83. The van der Waals surface area contributed by atoms with Gasteiger partial charge in [0.05, 0.1) is 5.56 Å². The SMILES string of the molecule is Cc1cc(C(=O)O)c(C)n1CCC1CCC1. The maximum atomic E-state index is 11.0. The third-order valence-corrected chi connectivity index (χ3v) is 3.79. The molecule has 0 bridgehead atoms. The molecule has 1 heterocycles. The molecule has 0 radical (unpaired) electrons. The van der Waals surface area contributed by atoms with E-state index in [9.17, 15) is 4.79 Å². The average molecular weight is 221 g/mol. The van der Waals surface area contributed by atoms with Gasteiger partial charge in [-0.3, -0.25) is 0 Å². The Balaban J connectivity index is 2.09. The van der Waals surface area contributed by atoms with E-state index in [-0.39, 0.29) is 0 Å². The summed E-state index contributed by atoms with van der Waals surface area (Å²) in [5.41, 5.74) is 2.41. The van der Waals surface area contributed by atoms with Gasteiger partial charge < -0.3 is 9.67 Å². The van der Waals surface area contributed by atoms with E-state index in [2.05, 4.69) is 4.57 Å². The Morgan fingerprint density at radius 3 is 2.62 bits per heavy atom. The van der Waals surface area contributed by atoms with E-state index in [1.54, 1.807) is 6.07 Å². The van der Waals surface area contributed by atoms with E-state index < -0.39 is 5.97 Å². The van der Waals surface area contributed by atoms with Crippen molar-refractivity contribution >= 4 is 5.97 Å². The zero-order valence-corrected chi connectivity index (χ0v) is 9.99. The fraction of sp³-hybridized carbons (Fsp3) is 0.615. The first-order chi connectivity index (χ1) is 7.59. The fourth-order valence-electron chi connectivity index (χ4n) is 2.45. The molecule has 1 saturated carbocycles. The fourth-order valence-corrected chi connectivity index (χ4v) is 2.45. The number of nitrogens with zero attached hydrogens (tertiary/aromatic N) is 1. The van der Waals surface area contributed by atoms with Crippen LogP contribution in [0.1, 0.15) is 47.4 Å². The number of aryl methyl sites for hydroxylation is 1. The molecule has 2 rings (SSSR count). The molecule has 1 N–H and O–H groups in total. The number of rotatable bonds is 4. The van der Waals surface area contributed by atoms with Crippen LogP contribution in [0.5, 0.6) is 0 Å². The molecular formula is C13H19NO2. The van der Waals surface area contributed by atoms with E-state index in [0.717, 1.165) is 23.9 Å². The minimum absolute atomic E-state index is 0.450. The molecule has 0 saturated heterocycles. The lowest BCUT2D eigenvalue weighted by Gasteiger charge is -2.25. The Labute approximate surface area is 96.1 Å². The summed E-state index contributed by atoms with van der Waals surface area (Å²) in [4.78, 5) is 11.0. The molecule has 1 aromatic heterocycles. The molecule has 0 spiro atoms. The van der Waals surface area contributed by atoms with Crippen molar-refractivity contribution in [1.82, 2.24) is 4.57 Å². The first-order valence-electron chi connectivity index (χ1n) is 5.99. The van der Waals surface area contributed by atoms with Crippen molar-refractivity contribution in [2.24, 2.45) is 5.92 Å². The van der Waals surface area contributed by atoms with Gasteiger partial charge in [-0.25, -0.2) is 4.79 Å². The number of carboxylic acids is 1. The topological polar surface area (TPSA) is 42.2 Å². The summed E-state index contributed by atoms with van der Waals surface area (Å²) in [5.74, 6) is 0.0532. The molecule has 0 aromatic carbocycles. The van der Waals surface area contributed by atoms with E-state index in [1.165, 1.54) is 25.7 Å². The van der Waals surface area contributed by atoms with Crippen molar-refractivity contribution in [3.8, 4) is 0 Å². The van der Waals surface area contributed by atoms with Crippen LogP contribution in [0.25, 0.3) is 0 Å². The minimum Gasteiger partial charge on any atom is -0.478 e. The van der Waals surface area contributed by atoms with E-state index >= 15 is 0 Å². The monoisotopic (exact) mass is 221 g/mol. The molecule has 16 heavy (non-hydrogen) atoms. The average Bonchev–Trinajstić information content (AvgIpc) is 2.42. The van der Waals surface area contributed by atoms with Gasteiger partial charge in [0.1, 0.15) is 0 Å².